The molecule has 0 aliphatic carbocycles. The van der Waals surface area contributed by atoms with E-state index in [1.54, 1.807) is 6.92 Å². The van der Waals surface area contributed by atoms with Gasteiger partial charge in [-0.3, -0.25) is 4.79 Å². The van der Waals surface area contributed by atoms with Gasteiger partial charge in [0.15, 0.2) is 11.6 Å². The molecule has 18 heavy (non-hydrogen) atoms. The van der Waals surface area contributed by atoms with Gasteiger partial charge in [0.1, 0.15) is 5.69 Å². The predicted molar refractivity (Wildman–Crippen MR) is 62.9 cm³/mol. The van der Waals surface area contributed by atoms with Gasteiger partial charge < -0.3 is 15.8 Å². The standard InChI is InChI=1S/C12H14F2N2O2/c1-6-7(4-5-18-6)12(17)16-11-9(15)3-2-8(13)10(11)14/h2-3,6-7H,4-5,15H2,1H3,(H,16,17). The Bertz CT molecular complexity index is 479. The lowest BCUT2D eigenvalue weighted by Gasteiger charge is -2.15. The quantitative estimate of drug-likeness (QED) is 0.794. The van der Waals surface area contributed by atoms with Crippen LogP contribution in [0.15, 0.2) is 12.1 Å². The Hall–Kier alpha value is -1.69. The summed E-state index contributed by atoms with van der Waals surface area (Å²) in [5.41, 5.74) is 5.21. The number of carbonyl (C=O) groups is 1. The number of anilines is 2. The first-order valence-electron chi connectivity index (χ1n) is 5.66. The minimum atomic E-state index is -1.14. The third kappa shape index (κ3) is 2.28. The number of nitrogens with one attached hydrogen (secondary N) is 1. The highest BCUT2D eigenvalue weighted by Crippen LogP contribution is 2.27. The van der Waals surface area contributed by atoms with Crippen molar-refractivity contribution in [3.8, 4) is 0 Å². The second-order valence-electron chi connectivity index (χ2n) is 4.29. The summed E-state index contributed by atoms with van der Waals surface area (Å²) in [6, 6.07) is 2.13. The van der Waals surface area contributed by atoms with Crippen molar-refractivity contribution in [2.75, 3.05) is 17.7 Å². The lowest BCUT2D eigenvalue weighted by Crippen LogP contribution is -2.28. The number of nitrogens with two attached hydrogens (primary N) is 1. The lowest BCUT2D eigenvalue weighted by atomic mass is 10.0. The Kier molecular flexibility index (Phi) is 3.47. The SMILES string of the molecule is CC1OCCC1C(=O)Nc1c(N)ccc(F)c1F. The maximum Gasteiger partial charge on any atom is 0.230 e. The number of carbonyl (C=O) groups excluding carboxylic acids is 1. The molecular weight excluding hydrogens is 242 g/mol. The summed E-state index contributed by atoms with van der Waals surface area (Å²) in [4.78, 5) is 11.9. The summed E-state index contributed by atoms with van der Waals surface area (Å²) in [7, 11) is 0. The predicted octanol–water partition coefficient (Wildman–Crippen LogP) is 1.91. The first-order valence-corrected chi connectivity index (χ1v) is 5.66. The highest BCUT2D eigenvalue weighted by Gasteiger charge is 2.31. The lowest BCUT2D eigenvalue weighted by molar-refractivity contribution is -0.121. The zero-order valence-electron chi connectivity index (χ0n) is 9.87. The first kappa shape index (κ1) is 12.8. The van der Waals surface area contributed by atoms with E-state index in [-0.39, 0.29) is 23.4 Å². The number of halogens is 2. The molecule has 1 aliphatic heterocycles. The van der Waals surface area contributed by atoms with Gasteiger partial charge in [-0.1, -0.05) is 0 Å². The minimum absolute atomic E-state index is 0.00572. The molecule has 0 spiro atoms. The number of ether oxygens (including phenoxy) is 1. The van der Waals surface area contributed by atoms with Crippen LogP contribution >= 0.6 is 0 Å². The van der Waals surface area contributed by atoms with Crippen molar-refractivity contribution >= 4 is 17.3 Å². The van der Waals surface area contributed by atoms with E-state index >= 15 is 0 Å². The van der Waals surface area contributed by atoms with E-state index in [0.717, 1.165) is 6.07 Å². The van der Waals surface area contributed by atoms with E-state index in [0.29, 0.717) is 13.0 Å². The average Bonchev–Trinajstić information content (AvgIpc) is 2.76. The summed E-state index contributed by atoms with van der Waals surface area (Å²) in [6.07, 6.45) is 0.326. The molecule has 98 valence electrons. The third-order valence-electron chi connectivity index (χ3n) is 3.09. The third-order valence-corrected chi connectivity index (χ3v) is 3.09. The zero-order chi connectivity index (χ0) is 13.3. The van der Waals surface area contributed by atoms with Crippen molar-refractivity contribution < 1.29 is 18.3 Å². The van der Waals surface area contributed by atoms with Crippen molar-refractivity contribution in [2.45, 2.75) is 19.4 Å². The highest BCUT2D eigenvalue weighted by molar-refractivity contribution is 5.96. The minimum Gasteiger partial charge on any atom is -0.397 e. The monoisotopic (exact) mass is 256 g/mol. The number of hydrogen-bond acceptors (Lipinski definition) is 3. The normalized spacial score (nSPS) is 23.1. The maximum atomic E-state index is 13.5. The molecule has 0 radical (unpaired) electrons. The molecular formula is C12H14F2N2O2. The highest BCUT2D eigenvalue weighted by atomic mass is 19.2. The molecule has 2 rings (SSSR count). The summed E-state index contributed by atoms with van der Waals surface area (Å²) in [5, 5.41) is 2.33. The molecule has 1 aliphatic rings. The van der Waals surface area contributed by atoms with E-state index in [9.17, 15) is 13.6 Å². The molecule has 6 heteroatoms. The van der Waals surface area contributed by atoms with Crippen LogP contribution in [0.2, 0.25) is 0 Å². The molecule has 1 aromatic carbocycles. The number of hydrogen-bond donors (Lipinski definition) is 2. The molecule has 3 N–H and O–H groups in total. The Balaban J connectivity index is 2.19. The smallest absolute Gasteiger partial charge is 0.230 e. The molecule has 0 bridgehead atoms. The molecule has 2 atom stereocenters. The molecule has 1 aromatic rings. The van der Waals surface area contributed by atoms with Crippen molar-refractivity contribution in [3.05, 3.63) is 23.8 Å². The van der Waals surface area contributed by atoms with Crippen LogP contribution < -0.4 is 11.1 Å². The maximum absolute atomic E-state index is 13.5. The van der Waals surface area contributed by atoms with E-state index in [2.05, 4.69) is 5.32 Å². The molecule has 4 nitrogen and oxygen atoms in total. The Morgan fingerprint density at radius 2 is 2.22 bits per heavy atom. The number of nitrogen functional groups attached to an aromatic ring is 1. The van der Waals surface area contributed by atoms with E-state index < -0.39 is 17.5 Å². The van der Waals surface area contributed by atoms with E-state index in [1.807, 2.05) is 0 Å². The topological polar surface area (TPSA) is 64.3 Å². The van der Waals surface area contributed by atoms with Crippen molar-refractivity contribution in [2.24, 2.45) is 5.92 Å². The summed E-state index contributed by atoms with van der Waals surface area (Å²) < 4.78 is 31.8. The van der Waals surface area contributed by atoms with Crippen LogP contribution in [0.25, 0.3) is 0 Å². The van der Waals surface area contributed by atoms with Crippen molar-refractivity contribution in [1.82, 2.24) is 0 Å². The van der Waals surface area contributed by atoms with Gasteiger partial charge in [0, 0.05) is 6.61 Å². The second kappa shape index (κ2) is 4.89. The van der Waals surface area contributed by atoms with Crippen LogP contribution in [0.3, 0.4) is 0 Å². The fourth-order valence-corrected chi connectivity index (χ4v) is 1.98. The molecule has 0 saturated carbocycles. The van der Waals surface area contributed by atoms with Crippen LogP contribution in [-0.4, -0.2) is 18.6 Å². The number of amides is 1. The molecule has 0 aromatic heterocycles. The van der Waals surface area contributed by atoms with Crippen LogP contribution in [0.4, 0.5) is 20.2 Å². The van der Waals surface area contributed by atoms with Crippen molar-refractivity contribution in [1.29, 1.82) is 0 Å². The molecule has 2 unspecified atom stereocenters. The van der Waals surface area contributed by atoms with Crippen LogP contribution in [0, 0.1) is 17.6 Å². The summed E-state index contributed by atoms with van der Waals surface area (Å²) >= 11 is 0. The van der Waals surface area contributed by atoms with Gasteiger partial charge in [-0.25, -0.2) is 8.78 Å². The largest absolute Gasteiger partial charge is 0.397 e. The van der Waals surface area contributed by atoms with Crippen LogP contribution in [-0.2, 0) is 9.53 Å². The van der Waals surface area contributed by atoms with E-state index in [1.165, 1.54) is 6.07 Å². The van der Waals surface area contributed by atoms with Gasteiger partial charge in [0.2, 0.25) is 5.91 Å². The molecule has 1 fully saturated rings. The fraction of sp³-hybridized carbons (Fsp3) is 0.417. The average molecular weight is 256 g/mol. The molecule has 1 saturated heterocycles. The second-order valence-corrected chi connectivity index (χ2v) is 4.29. The molecule has 1 heterocycles. The van der Waals surface area contributed by atoms with Gasteiger partial charge in [-0.15, -0.1) is 0 Å². The van der Waals surface area contributed by atoms with Gasteiger partial charge in [0.25, 0.3) is 0 Å². The van der Waals surface area contributed by atoms with Crippen LogP contribution in [0.5, 0.6) is 0 Å². The van der Waals surface area contributed by atoms with Crippen molar-refractivity contribution in [3.63, 3.8) is 0 Å². The number of benzene rings is 1. The van der Waals surface area contributed by atoms with Gasteiger partial charge in [-0.2, -0.15) is 0 Å². The van der Waals surface area contributed by atoms with Gasteiger partial charge in [0.05, 0.1) is 17.7 Å². The van der Waals surface area contributed by atoms with E-state index in [4.69, 9.17) is 10.5 Å². The van der Waals surface area contributed by atoms with Gasteiger partial charge in [-0.05, 0) is 25.5 Å². The van der Waals surface area contributed by atoms with Crippen LogP contribution in [0.1, 0.15) is 13.3 Å². The summed E-state index contributed by atoms with van der Waals surface area (Å²) in [6.45, 7) is 2.25. The molecule has 1 amide bonds. The Morgan fingerprint density at radius 1 is 1.50 bits per heavy atom. The fourth-order valence-electron chi connectivity index (χ4n) is 1.98. The first-order chi connectivity index (χ1) is 8.50. The Labute approximate surface area is 103 Å². The van der Waals surface area contributed by atoms with Gasteiger partial charge >= 0.3 is 0 Å². The number of rotatable bonds is 2. The summed E-state index contributed by atoms with van der Waals surface area (Å²) in [5.74, 6) is -2.96. The zero-order valence-corrected chi connectivity index (χ0v) is 9.87. The Morgan fingerprint density at radius 3 is 2.83 bits per heavy atom.